The fraction of sp³-hybridized carbons (Fsp3) is 0.605. The number of esters is 1. The van der Waals surface area contributed by atoms with Crippen molar-refractivity contribution >= 4 is 41.4 Å². The van der Waals surface area contributed by atoms with Crippen molar-refractivity contribution in [3.63, 3.8) is 0 Å². The number of ether oxygens (including phenoxy) is 1. The molecule has 1 aromatic rings. The summed E-state index contributed by atoms with van der Waals surface area (Å²) in [6.07, 6.45) is 9.23. The van der Waals surface area contributed by atoms with E-state index in [0.717, 1.165) is 44.2 Å². The highest BCUT2D eigenvalue weighted by Crippen LogP contribution is 2.25. The molecular formula is C38H50F2N6O8. The van der Waals surface area contributed by atoms with Gasteiger partial charge < -0.3 is 35.4 Å². The Hall–Kier alpha value is -4.89. The Balaban J connectivity index is 1.43. The third kappa shape index (κ3) is 9.80. The van der Waals surface area contributed by atoms with Crippen LogP contribution in [0.4, 0.5) is 8.78 Å². The maximum atomic E-state index is 14.3. The van der Waals surface area contributed by atoms with Crippen LogP contribution in [0.3, 0.4) is 0 Å². The van der Waals surface area contributed by atoms with Crippen LogP contribution in [-0.2, 0) is 44.7 Å². The second kappa shape index (κ2) is 18.0. The highest BCUT2D eigenvalue weighted by atomic mass is 19.1. The molecule has 0 radical (unpaired) electrons. The number of hydrogen-bond donors (Lipinski definition) is 3. The molecule has 3 aliphatic heterocycles. The van der Waals surface area contributed by atoms with E-state index in [0.29, 0.717) is 18.9 Å². The minimum Gasteiger partial charge on any atom is -0.461 e. The van der Waals surface area contributed by atoms with Gasteiger partial charge in [0.25, 0.3) is 0 Å². The molecule has 54 heavy (non-hydrogen) atoms. The molecule has 294 valence electrons. The zero-order valence-corrected chi connectivity index (χ0v) is 31.0. The third-order valence-corrected chi connectivity index (χ3v) is 10.8. The van der Waals surface area contributed by atoms with Gasteiger partial charge in [-0.25, -0.2) is 13.6 Å². The Morgan fingerprint density at radius 2 is 1.50 bits per heavy atom. The molecular weight excluding hydrogens is 706 g/mol. The summed E-state index contributed by atoms with van der Waals surface area (Å²) >= 11 is 0. The SMILES string of the molecule is C[C@@H]1NC(=O)[C@H](C)N(C)C(=O)[C@@H]2CCCN2C(=O)[C@@H](NC(=O)C(Cc2cc(F)cc(F)c2)NC(=O)/C=C/C2CCCCC2)COC(=O)[C@@H]2CCCN2C1=O. The van der Waals surface area contributed by atoms with Crippen LogP contribution in [-0.4, -0.2) is 119 Å². The van der Waals surface area contributed by atoms with E-state index in [9.17, 15) is 42.3 Å². The van der Waals surface area contributed by atoms with E-state index in [1.807, 2.05) is 0 Å². The number of carbonyl (C=O) groups excluding carboxylic acids is 7. The Morgan fingerprint density at radius 3 is 2.17 bits per heavy atom. The highest BCUT2D eigenvalue weighted by molar-refractivity contribution is 5.98. The molecule has 5 rings (SSSR count). The second-order valence-electron chi connectivity index (χ2n) is 14.7. The number of amides is 6. The molecule has 4 fully saturated rings. The largest absolute Gasteiger partial charge is 0.461 e. The number of cyclic esters (lactones) is 1. The van der Waals surface area contributed by atoms with Gasteiger partial charge in [0.05, 0.1) is 0 Å². The molecule has 1 saturated carbocycles. The van der Waals surface area contributed by atoms with E-state index >= 15 is 0 Å². The van der Waals surface area contributed by atoms with Gasteiger partial charge in [0.2, 0.25) is 35.4 Å². The topological polar surface area (TPSA) is 175 Å². The van der Waals surface area contributed by atoms with Gasteiger partial charge in [-0.05, 0) is 82.1 Å². The minimum atomic E-state index is -1.56. The minimum absolute atomic E-state index is 0.0616. The molecule has 3 saturated heterocycles. The molecule has 0 bridgehead atoms. The van der Waals surface area contributed by atoms with Gasteiger partial charge in [-0.15, -0.1) is 0 Å². The van der Waals surface area contributed by atoms with Crippen LogP contribution in [0.25, 0.3) is 0 Å². The van der Waals surface area contributed by atoms with Gasteiger partial charge in [-0.2, -0.15) is 0 Å². The lowest BCUT2D eigenvalue weighted by Crippen LogP contribution is -2.60. The fourth-order valence-electron chi connectivity index (χ4n) is 7.66. The van der Waals surface area contributed by atoms with E-state index < -0.39 is 95.9 Å². The van der Waals surface area contributed by atoms with Gasteiger partial charge in [-0.1, -0.05) is 25.3 Å². The van der Waals surface area contributed by atoms with Crippen LogP contribution in [0, 0.1) is 17.6 Å². The Bertz CT molecular complexity index is 1630. The monoisotopic (exact) mass is 756 g/mol. The lowest BCUT2D eigenvalue weighted by molar-refractivity contribution is -0.158. The molecule has 6 atom stereocenters. The Morgan fingerprint density at radius 1 is 0.870 bits per heavy atom. The second-order valence-corrected chi connectivity index (χ2v) is 14.7. The van der Waals surface area contributed by atoms with E-state index in [1.54, 1.807) is 6.08 Å². The van der Waals surface area contributed by atoms with Crippen molar-refractivity contribution in [1.29, 1.82) is 0 Å². The summed E-state index contributed by atoms with van der Waals surface area (Å²) in [7, 11) is 1.42. The smallest absolute Gasteiger partial charge is 0.328 e. The first-order chi connectivity index (χ1) is 25.7. The van der Waals surface area contributed by atoms with E-state index in [-0.39, 0.29) is 43.8 Å². The first kappa shape index (κ1) is 40.3. The van der Waals surface area contributed by atoms with E-state index in [4.69, 9.17) is 4.74 Å². The summed E-state index contributed by atoms with van der Waals surface area (Å²) in [5.41, 5.74) is 0.0616. The van der Waals surface area contributed by atoms with Gasteiger partial charge in [0, 0.05) is 32.6 Å². The molecule has 6 amide bonds. The number of likely N-dealkylation sites (N-methyl/N-ethyl adjacent to an activating group) is 1. The van der Waals surface area contributed by atoms with Crippen LogP contribution in [0.1, 0.15) is 77.2 Å². The number of rotatable bonds is 7. The van der Waals surface area contributed by atoms with E-state index in [2.05, 4.69) is 16.0 Å². The number of nitrogens with one attached hydrogen (secondary N) is 3. The lowest BCUT2D eigenvalue weighted by Gasteiger charge is -2.34. The molecule has 1 aliphatic carbocycles. The normalized spacial score (nSPS) is 27.0. The van der Waals surface area contributed by atoms with Crippen molar-refractivity contribution in [3.05, 3.63) is 47.5 Å². The molecule has 3 heterocycles. The Labute approximate surface area is 313 Å². The van der Waals surface area contributed by atoms with Crippen molar-refractivity contribution in [1.82, 2.24) is 30.7 Å². The van der Waals surface area contributed by atoms with Crippen molar-refractivity contribution in [2.24, 2.45) is 5.92 Å². The zero-order valence-electron chi connectivity index (χ0n) is 31.0. The summed E-state index contributed by atoms with van der Waals surface area (Å²) in [6, 6.07) is -4.31. The summed E-state index contributed by atoms with van der Waals surface area (Å²) in [4.78, 5) is 99.0. The zero-order chi connectivity index (χ0) is 39.1. The summed E-state index contributed by atoms with van der Waals surface area (Å²) in [5, 5.41) is 7.81. The van der Waals surface area contributed by atoms with Crippen LogP contribution in [0.15, 0.2) is 30.4 Å². The van der Waals surface area contributed by atoms with Gasteiger partial charge in [0.15, 0.2) is 0 Å². The van der Waals surface area contributed by atoms with E-state index in [1.165, 1.54) is 41.7 Å². The number of nitrogens with zero attached hydrogens (tertiary/aromatic N) is 3. The molecule has 16 heteroatoms. The fourth-order valence-corrected chi connectivity index (χ4v) is 7.66. The van der Waals surface area contributed by atoms with Gasteiger partial charge >= 0.3 is 5.97 Å². The quantitative estimate of drug-likeness (QED) is 0.277. The number of benzene rings is 1. The van der Waals surface area contributed by atoms with Crippen LogP contribution in [0.2, 0.25) is 0 Å². The first-order valence-corrected chi connectivity index (χ1v) is 18.8. The molecule has 1 aromatic carbocycles. The summed E-state index contributed by atoms with van der Waals surface area (Å²) in [6.45, 7) is 2.66. The molecule has 0 spiro atoms. The third-order valence-electron chi connectivity index (χ3n) is 10.8. The maximum Gasteiger partial charge on any atom is 0.328 e. The molecule has 0 aromatic heterocycles. The molecule has 4 aliphatic rings. The molecule has 3 N–H and O–H groups in total. The average molecular weight is 757 g/mol. The lowest BCUT2D eigenvalue weighted by atomic mass is 9.89. The van der Waals surface area contributed by atoms with Crippen molar-refractivity contribution < 1.29 is 47.1 Å². The first-order valence-electron chi connectivity index (χ1n) is 18.8. The summed E-state index contributed by atoms with van der Waals surface area (Å²) in [5.74, 6) is -6.35. The average Bonchev–Trinajstić information content (AvgIpc) is 3.84. The van der Waals surface area contributed by atoms with Crippen LogP contribution < -0.4 is 16.0 Å². The number of carbonyl (C=O) groups is 7. The number of allylic oxidation sites excluding steroid dienone is 1. The van der Waals surface area contributed by atoms with Gasteiger partial charge in [-0.3, -0.25) is 28.8 Å². The van der Waals surface area contributed by atoms with Crippen LogP contribution >= 0.6 is 0 Å². The standard InChI is InChI=1S/C38H50F2N6O8/c1-22-35(50)46-16-8-12-31(46)38(53)54-21-29(36(51)45-15-7-11-30(45)37(52)44(3)23(2)33(48)41-22)43-34(49)28(19-25-17-26(39)20-27(40)18-25)42-32(47)14-13-24-9-5-4-6-10-24/h13-14,17-18,20,22-24,28-31H,4-12,15-16,19,21H2,1-3H3,(H,41,48)(H,42,47)(H,43,49)/b14-13+/t22-,23-,28?,29-,30-,31-/m0/s1. The number of hydrogen-bond acceptors (Lipinski definition) is 8. The predicted octanol–water partition coefficient (Wildman–Crippen LogP) is 1.50. The number of fused-ring (bicyclic) bond motifs is 2. The van der Waals surface area contributed by atoms with Crippen molar-refractivity contribution in [2.45, 2.75) is 114 Å². The van der Waals surface area contributed by atoms with Crippen molar-refractivity contribution in [2.75, 3.05) is 26.7 Å². The van der Waals surface area contributed by atoms with Crippen LogP contribution in [0.5, 0.6) is 0 Å². The van der Waals surface area contributed by atoms with Crippen molar-refractivity contribution in [3.8, 4) is 0 Å². The Kier molecular flexibility index (Phi) is 13.4. The summed E-state index contributed by atoms with van der Waals surface area (Å²) < 4.78 is 34.0. The molecule has 14 nitrogen and oxygen atoms in total. The molecule has 1 unspecified atom stereocenters. The maximum absolute atomic E-state index is 14.3. The number of halogens is 2. The highest BCUT2D eigenvalue weighted by Gasteiger charge is 2.43. The van der Waals surface area contributed by atoms with Gasteiger partial charge in [0.1, 0.15) is 54.5 Å². The predicted molar refractivity (Wildman–Crippen MR) is 190 cm³/mol.